The molecule has 1 aliphatic carbocycles. The number of alkyl halides is 5. The summed E-state index contributed by atoms with van der Waals surface area (Å²) in [6, 6.07) is -2.70. The van der Waals surface area contributed by atoms with E-state index >= 15 is 0 Å². The molecule has 0 bridgehead atoms. The van der Waals surface area contributed by atoms with Crippen molar-refractivity contribution in [2.24, 2.45) is 5.92 Å². The van der Waals surface area contributed by atoms with E-state index in [1.807, 2.05) is 0 Å². The first kappa shape index (κ1) is 26.8. The van der Waals surface area contributed by atoms with Crippen LogP contribution in [0.15, 0.2) is 35.5 Å². The van der Waals surface area contributed by atoms with Gasteiger partial charge in [-0.1, -0.05) is 0 Å². The van der Waals surface area contributed by atoms with Crippen molar-refractivity contribution in [1.82, 2.24) is 15.2 Å². The summed E-state index contributed by atoms with van der Waals surface area (Å²) in [7, 11) is -3.79. The highest BCUT2D eigenvalue weighted by atomic mass is 32.2. The Morgan fingerprint density at radius 1 is 1.11 bits per heavy atom. The van der Waals surface area contributed by atoms with Crippen molar-refractivity contribution < 1.29 is 48.7 Å². The Balaban J connectivity index is 1.60. The normalized spacial score (nSPS) is 20.2. The first-order chi connectivity index (χ1) is 17.0. The molecule has 0 spiro atoms. The van der Waals surface area contributed by atoms with Gasteiger partial charge in [0.15, 0.2) is 15.9 Å². The summed E-state index contributed by atoms with van der Waals surface area (Å²) in [5.41, 5.74) is -2.89. The van der Waals surface area contributed by atoms with Crippen molar-refractivity contribution in [2.45, 2.75) is 41.9 Å². The highest BCUT2D eigenvalue weighted by Gasteiger charge is 2.61. The molecule has 1 N–H and O–H groups in total. The van der Waals surface area contributed by atoms with Gasteiger partial charge in [-0.2, -0.15) is 13.2 Å². The third kappa shape index (κ3) is 5.26. The molecule has 37 heavy (non-hydrogen) atoms. The average Bonchev–Trinajstić information content (AvgIpc) is 3.61. The van der Waals surface area contributed by atoms with E-state index < -0.39 is 81.1 Å². The van der Waals surface area contributed by atoms with Crippen molar-refractivity contribution in [1.29, 1.82) is 0 Å². The predicted molar refractivity (Wildman–Crippen MR) is 112 cm³/mol. The quantitative estimate of drug-likeness (QED) is 0.553. The average molecular weight is 553 g/mol. The Morgan fingerprint density at radius 2 is 1.76 bits per heavy atom. The van der Waals surface area contributed by atoms with E-state index in [0.29, 0.717) is 17.7 Å². The monoisotopic (exact) mass is 553 g/mol. The number of pyridine rings is 1. The zero-order chi connectivity index (χ0) is 27.5. The number of nitrogens with zero attached hydrogens (tertiary/aromatic N) is 2. The van der Waals surface area contributed by atoms with E-state index in [1.54, 1.807) is 0 Å². The van der Waals surface area contributed by atoms with Crippen molar-refractivity contribution >= 4 is 21.7 Å². The van der Waals surface area contributed by atoms with Gasteiger partial charge in [-0.05, 0) is 37.0 Å². The van der Waals surface area contributed by atoms with Crippen LogP contribution in [0.2, 0.25) is 0 Å². The lowest BCUT2D eigenvalue weighted by atomic mass is 9.93. The molecule has 15 heteroatoms. The summed E-state index contributed by atoms with van der Waals surface area (Å²) >= 11 is 0. The zero-order valence-corrected chi connectivity index (χ0v) is 19.6. The van der Waals surface area contributed by atoms with Crippen molar-refractivity contribution in [3.05, 3.63) is 58.9 Å². The molecule has 4 rings (SSSR count). The number of aromatic nitrogens is 1. The molecule has 1 saturated carbocycles. The summed E-state index contributed by atoms with van der Waals surface area (Å²) in [6.07, 6.45) is -1.75. The van der Waals surface area contributed by atoms with E-state index in [9.17, 15) is 48.7 Å². The number of nitrogens with one attached hydrogen (secondary N) is 1. The van der Waals surface area contributed by atoms with Crippen molar-refractivity contribution in [3.8, 4) is 0 Å². The van der Waals surface area contributed by atoms with Gasteiger partial charge < -0.3 is 10.2 Å². The van der Waals surface area contributed by atoms with Crippen LogP contribution in [0.3, 0.4) is 0 Å². The zero-order valence-electron chi connectivity index (χ0n) is 18.8. The summed E-state index contributed by atoms with van der Waals surface area (Å²) < 4.78 is 120. The predicted octanol–water partition coefficient (Wildman–Crippen LogP) is 3.51. The Kier molecular flexibility index (Phi) is 6.49. The second kappa shape index (κ2) is 8.96. The SMILES string of the molecule is CS(=O)(=O)c1cncc(C(=O)N2CC(F)(F)[C@H]2C(=O)N[C@@H](c2cc(F)c(C(F)(F)F)cc2F)C2CC2)c1. The van der Waals surface area contributed by atoms with Crippen LogP contribution in [0, 0.1) is 17.6 Å². The number of likely N-dealkylation sites (tertiary alicyclic amines) is 1. The van der Waals surface area contributed by atoms with Gasteiger partial charge in [0.1, 0.15) is 11.6 Å². The van der Waals surface area contributed by atoms with E-state index in [1.165, 1.54) is 0 Å². The number of halogens is 7. The second-order valence-electron chi connectivity index (χ2n) is 8.95. The molecule has 2 heterocycles. The Labute approximate surface area is 205 Å². The van der Waals surface area contributed by atoms with Gasteiger partial charge in [-0.15, -0.1) is 0 Å². The maximum absolute atomic E-state index is 14.6. The maximum Gasteiger partial charge on any atom is 0.419 e. The molecule has 1 aliphatic heterocycles. The smallest absolute Gasteiger partial charge is 0.347 e. The first-order valence-electron chi connectivity index (χ1n) is 10.7. The fraction of sp³-hybridized carbons (Fsp3) is 0.409. The number of hydrogen-bond donors (Lipinski definition) is 1. The van der Waals surface area contributed by atoms with Crippen LogP contribution in [0.4, 0.5) is 30.7 Å². The molecule has 0 unspecified atom stereocenters. The Bertz CT molecular complexity index is 1380. The van der Waals surface area contributed by atoms with Gasteiger partial charge >= 0.3 is 6.18 Å². The highest BCUT2D eigenvalue weighted by molar-refractivity contribution is 7.90. The van der Waals surface area contributed by atoms with Crippen LogP contribution in [0.5, 0.6) is 0 Å². The molecular weight excluding hydrogens is 535 g/mol. The third-order valence-corrected chi connectivity index (χ3v) is 7.19. The number of hydrogen-bond acceptors (Lipinski definition) is 5. The van der Waals surface area contributed by atoms with Crippen LogP contribution in [0.1, 0.15) is 40.4 Å². The molecule has 7 nitrogen and oxygen atoms in total. The van der Waals surface area contributed by atoms with Gasteiger partial charge in [0, 0.05) is 24.2 Å². The number of amides is 2. The van der Waals surface area contributed by atoms with Gasteiger partial charge in [0.05, 0.1) is 28.6 Å². The fourth-order valence-corrected chi connectivity index (χ4v) is 4.67. The lowest BCUT2D eigenvalue weighted by Crippen LogP contribution is -2.71. The first-order valence-corrected chi connectivity index (χ1v) is 12.6. The Hall–Kier alpha value is -3.23. The summed E-state index contributed by atoms with van der Waals surface area (Å²) in [5, 5.41) is 2.14. The number of benzene rings is 1. The van der Waals surface area contributed by atoms with Gasteiger partial charge in [0.2, 0.25) is 5.91 Å². The molecule has 1 saturated heterocycles. The largest absolute Gasteiger partial charge is 0.419 e. The molecular formula is C22H18F7N3O4S. The number of carbonyl (C=O) groups excluding carboxylic acids is 2. The molecule has 2 atom stereocenters. The van der Waals surface area contributed by atoms with Gasteiger partial charge in [-0.3, -0.25) is 14.6 Å². The van der Waals surface area contributed by atoms with Crippen LogP contribution >= 0.6 is 0 Å². The van der Waals surface area contributed by atoms with Gasteiger partial charge in [0.25, 0.3) is 11.8 Å². The molecule has 1 aromatic heterocycles. The van der Waals surface area contributed by atoms with Crippen molar-refractivity contribution in [2.75, 3.05) is 12.8 Å². The van der Waals surface area contributed by atoms with E-state index in [-0.39, 0.29) is 22.6 Å². The topological polar surface area (TPSA) is 96.4 Å². The van der Waals surface area contributed by atoms with Crippen LogP contribution in [-0.2, 0) is 20.8 Å². The highest BCUT2D eigenvalue weighted by Crippen LogP contribution is 2.44. The second-order valence-corrected chi connectivity index (χ2v) is 11.0. The van der Waals surface area contributed by atoms with Crippen molar-refractivity contribution in [3.63, 3.8) is 0 Å². The van der Waals surface area contributed by atoms with E-state index in [0.717, 1.165) is 24.7 Å². The Morgan fingerprint density at radius 3 is 2.30 bits per heavy atom. The molecule has 2 fully saturated rings. The molecule has 0 radical (unpaired) electrons. The molecule has 2 aromatic rings. The summed E-state index contributed by atoms with van der Waals surface area (Å²) in [4.78, 5) is 29.4. The number of sulfone groups is 1. The molecule has 1 aromatic carbocycles. The lowest BCUT2D eigenvalue weighted by Gasteiger charge is -2.46. The van der Waals surface area contributed by atoms with Crippen LogP contribution in [0.25, 0.3) is 0 Å². The molecule has 200 valence electrons. The minimum atomic E-state index is -5.18. The molecule has 2 aliphatic rings. The number of rotatable bonds is 6. The van der Waals surface area contributed by atoms with Crippen LogP contribution in [-0.4, -0.2) is 54.9 Å². The standard InChI is InChI=1S/C22H18F7N3O4S/c1-37(35,36)12-4-11(7-30-8-12)20(34)32-9-21(25,26)18(32)19(33)31-17(10-2-3-10)13-5-16(24)14(6-15(13)23)22(27,28)29/h4-8,10,17-18H,2-3,9H2,1H3,(H,31,33)/t17-,18-/m1/s1. The maximum atomic E-state index is 14.6. The fourth-order valence-electron chi connectivity index (χ4n) is 4.08. The van der Waals surface area contributed by atoms with Gasteiger partial charge in [-0.25, -0.2) is 26.0 Å². The van der Waals surface area contributed by atoms with E-state index in [2.05, 4.69) is 10.3 Å². The van der Waals surface area contributed by atoms with E-state index in [4.69, 9.17) is 0 Å². The molecule has 2 amide bonds. The third-order valence-electron chi connectivity index (χ3n) is 6.11. The minimum Gasteiger partial charge on any atom is -0.347 e. The summed E-state index contributed by atoms with van der Waals surface area (Å²) in [6.45, 7) is -1.19. The number of carbonyl (C=O) groups is 2. The lowest BCUT2D eigenvalue weighted by molar-refractivity contribution is -0.178. The minimum absolute atomic E-state index is 0.0677. The van der Waals surface area contributed by atoms with Crippen LogP contribution < -0.4 is 5.32 Å². The summed E-state index contributed by atoms with van der Waals surface area (Å²) in [5.74, 6) is -10.1.